The molecular formula is C21H19BrN6O. The number of pyridine rings is 1. The van der Waals surface area contributed by atoms with Crippen LogP contribution in [0.5, 0.6) is 0 Å². The lowest BCUT2D eigenvalue weighted by molar-refractivity contribution is 0.0949. The molecule has 1 aromatic carbocycles. The largest absolute Gasteiger partial charge is 0.348 e. The number of hydrogen-bond donors (Lipinski definition) is 1. The van der Waals surface area contributed by atoms with Crippen molar-refractivity contribution < 1.29 is 4.79 Å². The zero-order chi connectivity index (χ0) is 20.4. The first-order valence-electron chi connectivity index (χ1n) is 9.08. The fourth-order valence-electron chi connectivity index (χ4n) is 3.18. The molecule has 8 heteroatoms. The van der Waals surface area contributed by atoms with Crippen LogP contribution in [-0.2, 0) is 6.54 Å². The minimum Gasteiger partial charge on any atom is -0.348 e. The fourth-order valence-corrected chi connectivity index (χ4v) is 3.44. The average molecular weight is 451 g/mol. The average Bonchev–Trinajstić information content (AvgIpc) is 3.35. The summed E-state index contributed by atoms with van der Waals surface area (Å²) in [4.78, 5) is 17.2. The molecule has 0 saturated carbocycles. The Bertz CT molecular complexity index is 1150. The maximum Gasteiger partial charge on any atom is 0.255 e. The van der Waals surface area contributed by atoms with E-state index in [0.717, 1.165) is 21.4 Å². The smallest absolute Gasteiger partial charge is 0.255 e. The van der Waals surface area contributed by atoms with Crippen molar-refractivity contribution in [2.75, 3.05) is 0 Å². The number of benzene rings is 1. The van der Waals surface area contributed by atoms with E-state index in [9.17, 15) is 4.79 Å². The SMILES string of the molecule is Cc1nn(-c2ccc(Br)cc2)c(C)c1C(=O)NCc1ccnc(-n2cccn2)c1. The van der Waals surface area contributed by atoms with Gasteiger partial charge in [0.1, 0.15) is 0 Å². The second-order valence-corrected chi connectivity index (χ2v) is 7.51. The van der Waals surface area contributed by atoms with E-state index >= 15 is 0 Å². The number of rotatable bonds is 5. The topological polar surface area (TPSA) is 77.6 Å². The molecule has 0 unspecified atom stereocenters. The van der Waals surface area contributed by atoms with E-state index in [1.807, 2.05) is 62.5 Å². The van der Waals surface area contributed by atoms with Crippen LogP contribution >= 0.6 is 15.9 Å². The van der Waals surface area contributed by atoms with Gasteiger partial charge >= 0.3 is 0 Å². The Balaban J connectivity index is 1.52. The number of aromatic nitrogens is 5. The zero-order valence-corrected chi connectivity index (χ0v) is 17.6. The lowest BCUT2D eigenvalue weighted by atomic mass is 10.1. The lowest BCUT2D eigenvalue weighted by Crippen LogP contribution is -2.24. The Morgan fingerprint density at radius 1 is 1.14 bits per heavy atom. The summed E-state index contributed by atoms with van der Waals surface area (Å²) in [6.07, 6.45) is 5.24. The first-order valence-corrected chi connectivity index (χ1v) is 9.87. The summed E-state index contributed by atoms with van der Waals surface area (Å²) in [5, 5.41) is 11.7. The van der Waals surface area contributed by atoms with E-state index in [-0.39, 0.29) is 5.91 Å². The van der Waals surface area contributed by atoms with Crippen LogP contribution in [0.2, 0.25) is 0 Å². The van der Waals surface area contributed by atoms with Crippen molar-refractivity contribution in [1.29, 1.82) is 0 Å². The Morgan fingerprint density at radius 3 is 2.66 bits per heavy atom. The third kappa shape index (κ3) is 3.97. The molecule has 0 aliphatic rings. The van der Waals surface area contributed by atoms with Gasteiger partial charge in [0.25, 0.3) is 5.91 Å². The second-order valence-electron chi connectivity index (χ2n) is 6.59. The highest BCUT2D eigenvalue weighted by Gasteiger charge is 2.19. The second kappa shape index (κ2) is 8.00. The predicted molar refractivity (Wildman–Crippen MR) is 113 cm³/mol. The molecular weight excluding hydrogens is 432 g/mol. The molecule has 4 aromatic rings. The number of aryl methyl sites for hydroxylation is 1. The molecule has 29 heavy (non-hydrogen) atoms. The van der Waals surface area contributed by atoms with Crippen molar-refractivity contribution in [2.45, 2.75) is 20.4 Å². The van der Waals surface area contributed by atoms with Crippen molar-refractivity contribution in [3.8, 4) is 11.5 Å². The van der Waals surface area contributed by atoms with E-state index in [0.29, 0.717) is 23.6 Å². The number of amides is 1. The molecule has 0 atom stereocenters. The Morgan fingerprint density at radius 2 is 1.93 bits per heavy atom. The summed E-state index contributed by atoms with van der Waals surface area (Å²) >= 11 is 3.44. The molecule has 3 heterocycles. The van der Waals surface area contributed by atoms with Crippen molar-refractivity contribution >= 4 is 21.8 Å². The molecule has 0 aliphatic heterocycles. The number of nitrogens with zero attached hydrogens (tertiary/aromatic N) is 5. The standard InChI is InChI=1S/C21H19BrN6O/c1-14-20(15(2)28(26-14)18-6-4-17(22)5-7-18)21(29)24-13-16-8-10-23-19(12-16)27-11-3-9-25-27/h3-12H,13H2,1-2H3,(H,24,29). The van der Waals surface area contributed by atoms with E-state index in [2.05, 4.69) is 36.4 Å². The first-order chi connectivity index (χ1) is 14.0. The van der Waals surface area contributed by atoms with Crippen LogP contribution in [0.25, 0.3) is 11.5 Å². The van der Waals surface area contributed by atoms with Crippen LogP contribution in [0.15, 0.2) is 65.5 Å². The molecule has 1 N–H and O–H groups in total. The van der Waals surface area contributed by atoms with Crippen LogP contribution in [0.3, 0.4) is 0 Å². The van der Waals surface area contributed by atoms with Gasteiger partial charge < -0.3 is 5.32 Å². The van der Waals surface area contributed by atoms with Crippen molar-refractivity contribution in [3.05, 3.63) is 88.0 Å². The predicted octanol–water partition coefficient (Wildman–Crippen LogP) is 3.76. The van der Waals surface area contributed by atoms with Crippen LogP contribution < -0.4 is 5.32 Å². The molecule has 1 amide bonds. The quantitative estimate of drug-likeness (QED) is 0.501. The number of halogens is 1. The Hall–Kier alpha value is -3.26. The van der Waals surface area contributed by atoms with Crippen molar-refractivity contribution in [2.24, 2.45) is 0 Å². The third-order valence-electron chi connectivity index (χ3n) is 4.59. The van der Waals surface area contributed by atoms with E-state index in [1.54, 1.807) is 21.8 Å². The maximum atomic E-state index is 12.9. The molecule has 0 bridgehead atoms. The fraction of sp³-hybridized carbons (Fsp3) is 0.143. The van der Waals surface area contributed by atoms with Gasteiger partial charge in [0.05, 0.1) is 22.6 Å². The van der Waals surface area contributed by atoms with Gasteiger partial charge in [0.15, 0.2) is 5.82 Å². The van der Waals surface area contributed by atoms with Gasteiger partial charge in [0, 0.05) is 29.6 Å². The third-order valence-corrected chi connectivity index (χ3v) is 5.12. The molecule has 0 aliphatic carbocycles. The highest BCUT2D eigenvalue weighted by atomic mass is 79.9. The summed E-state index contributed by atoms with van der Waals surface area (Å²) in [5.41, 5.74) is 3.93. The maximum absolute atomic E-state index is 12.9. The Labute approximate surface area is 176 Å². The highest BCUT2D eigenvalue weighted by molar-refractivity contribution is 9.10. The van der Waals surface area contributed by atoms with Crippen molar-refractivity contribution in [1.82, 2.24) is 29.9 Å². The molecule has 7 nitrogen and oxygen atoms in total. The molecule has 0 fully saturated rings. The molecule has 4 rings (SSSR count). The van der Waals surface area contributed by atoms with E-state index in [4.69, 9.17) is 0 Å². The minimum absolute atomic E-state index is 0.152. The van der Waals surface area contributed by atoms with Crippen molar-refractivity contribution in [3.63, 3.8) is 0 Å². The van der Waals surface area contributed by atoms with Gasteiger partial charge in [-0.1, -0.05) is 15.9 Å². The minimum atomic E-state index is -0.152. The molecule has 3 aromatic heterocycles. The van der Waals surface area contributed by atoms with Gasteiger partial charge in [0.2, 0.25) is 0 Å². The van der Waals surface area contributed by atoms with E-state index < -0.39 is 0 Å². The van der Waals surface area contributed by atoms with Gasteiger partial charge in [-0.3, -0.25) is 4.79 Å². The van der Waals surface area contributed by atoms with Gasteiger partial charge in [-0.25, -0.2) is 14.3 Å². The molecule has 0 spiro atoms. The zero-order valence-electron chi connectivity index (χ0n) is 16.0. The highest BCUT2D eigenvalue weighted by Crippen LogP contribution is 2.20. The van der Waals surface area contributed by atoms with Gasteiger partial charge in [-0.15, -0.1) is 0 Å². The van der Waals surface area contributed by atoms with Crippen LogP contribution in [0.1, 0.15) is 27.3 Å². The summed E-state index contributed by atoms with van der Waals surface area (Å²) in [5.74, 6) is 0.554. The number of carbonyl (C=O) groups is 1. The Kier molecular flexibility index (Phi) is 5.26. The molecule has 146 valence electrons. The molecule has 0 saturated heterocycles. The summed E-state index contributed by atoms with van der Waals surface area (Å²) in [7, 11) is 0. The molecule has 0 radical (unpaired) electrons. The van der Waals surface area contributed by atoms with Crippen LogP contribution in [-0.4, -0.2) is 30.5 Å². The number of carbonyl (C=O) groups excluding carboxylic acids is 1. The monoisotopic (exact) mass is 450 g/mol. The summed E-state index contributed by atoms with van der Waals surface area (Å²) in [6, 6.07) is 13.4. The normalized spacial score (nSPS) is 10.9. The number of hydrogen-bond acceptors (Lipinski definition) is 4. The lowest BCUT2D eigenvalue weighted by Gasteiger charge is -2.08. The number of nitrogens with one attached hydrogen (secondary N) is 1. The first kappa shape index (κ1) is 19.1. The van der Waals surface area contributed by atoms with Crippen LogP contribution in [0, 0.1) is 13.8 Å². The summed E-state index contributed by atoms with van der Waals surface area (Å²) < 4.78 is 4.47. The van der Waals surface area contributed by atoms with Gasteiger partial charge in [-0.05, 0) is 61.9 Å². The van der Waals surface area contributed by atoms with Gasteiger partial charge in [-0.2, -0.15) is 10.2 Å². The van der Waals surface area contributed by atoms with E-state index in [1.165, 1.54) is 0 Å². The van der Waals surface area contributed by atoms with Crippen LogP contribution in [0.4, 0.5) is 0 Å². The summed E-state index contributed by atoms with van der Waals surface area (Å²) in [6.45, 7) is 4.14.